The normalized spacial score (nSPS) is 14.6. The Balaban J connectivity index is 2.56. The molecule has 0 saturated carbocycles. The molecule has 1 aromatic rings. The van der Waals surface area contributed by atoms with Crippen LogP contribution in [0.5, 0.6) is 5.75 Å². The van der Waals surface area contributed by atoms with Crippen LogP contribution >= 0.6 is 0 Å². The van der Waals surface area contributed by atoms with Crippen molar-refractivity contribution in [3.05, 3.63) is 29.3 Å². The van der Waals surface area contributed by atoms with Crippen molar-refractivity contribution < 1.29 is 9.84 Å². The van der Waals surface area contributed by atoms with Crippen LogP contribution in [0, 0.1) is 13.8 Å². The van der Waals surface area contributed by atoms with E-state index in [9.17, 15) is 5.11 Å². The van der Waals surface area contributed by atoms with Gasteiger partial charge in [-0.25, -0.2) is 0 Å². The molecule has 16 heavy (non-hydrogen) atoms. The zero-order valence-electron chi connectivity index (χ0n) is 10.3. The third kappa shape index (κ3) is 3.51. The minimum atomic E-state index is -0.837. The van der Waals surface area contributed by atoms with E-state index in [0.717, 1.165) is 16.9 Å². The largest absolute Gasteiger partial charge is 0.493 e. The van der Waals surface area contributed by atoms with Crippen LogP contribution in [0.1, 0.15) is 24.5 Å². The van der Waals surface area contributed by atoms with E-state index in [4.69, 9.17) is 10.5 Å². The quantitative estimate of drug-likeness (QED) is 0.800. The monoisotopic (exact) mass is 223 g/mol. The Morgan fingerprint density at radius 2 is 1.88 bits per heavy atom. The minimum Gasteiger partial charge on any atom is -0.493 e. The Hall–Kier alpha value is -1.06. The van der Waals surface area contributed by atoms with E-state index in [-0.39, 0.29) is 6.54 Å². The van der Waals surface area contributed by atoms with Crippen molar-refractivity contribution in [2.24, 2.45) is 5.73 Å². The number of rotatable bonds is 5. The fourth-order valence-corrected chi connectivity index (χ4v) is 1.50. The molecule has 90 valence electrons. The van der Waals surface area contributed by atoms with Crippen LogP contribution in [-0.4, -0.2) is 23.9 Å². The van der Waals surface area contributed by atoms with Gasteiger partial charge >= 0.3 is 0 Å². The van der Waals surface area contributed by atoms with Gasteiger partial charge in [-0.15, -0.1) is 0 Å². The fourth-order valence-electron chi connectivity index (χ4n) is 1.50. The highest BCUT2D eigenvalue weighted by atomic mass is 16.5. The third-order valence-corrected chi connectivity index (χ3v) is 2.74. The molecule has 0 aliphatic heterocycles. The van der Waals surface area contributed by atoms with Gasteiger partial charge in [0, 0.05) is 13.0 Å². The summed E-state index contributed by atoms with van der Waals surface area (Å²) in [6.45, 7) is 6.49. The van der Waals surface area contributed by atoms with Crippen LogP contribution in [0.15, 0.2) is 18.2 Å². The predicted octanol–water partition coefficient (Wildman–Crippen LogP) is 1.78. The Morgan fingerprint density at radius 3 is 2.38 bits per heavy atom. The van der Waals surface area contributed by atoms with Crippen LogP contribution in [0.4, 0.5) is 0 Å². The van der Waals surface area contributed by atoms with E-state index in [1.807, 2.05) is 32.0 Å². The van der Waals surface area contributed by atoms with Crippen LogP contribution < -0.4 is 10.5 Å². The van der Waals surface area contributed by atoms with Crippen LogP contribution in [0.2, 0.25) is 0 Å². The highest BCUT2D eigenvalue weighted by molar-refractivity contribution is 5.39. The number of ether oxygens (including phenoxy) is 1. The lowest BCUT2D eigenvalue weighted by molar-refractivity contribution is 0.0451. The molecule has 0 radical (unpaired) electrons. The van der Waals surface area contributed by atoms with Crippen molar-refractivity contribution in [1.82, 2.24) is 0 Å². The van der Waals surface area contributed by atoms with Gasteiger partial charge in [-0.2, -0.15) is 0 Å². The molecule has 3 nitrogen and oxygen atoms in total. The highest BCUT2D eigenvalue weighted by Crippen LogP contribution is 2.23. The maximum Gasteiger partial charge on any atom is 0.125 e. The number of nitrogens with two attached hydrogens (primary N) is 1. The molecular formula is C13H21NO2. The topological polar surface area (TPSA) is 55.5 Å². The molecular weight excluding hydrogens is 202 g/mol. The summed E-state index contributed by atoms with van der Waals surface area (Å²) in [6, 6.07) is 6.04. The summed E-state index contributed by atoms with van der Waals surface area (Å²) in [5, 5.41) is 9.73. The average molecular weight is 223 g/mol. The van der Waals surface area contributed by atoms with E-state index in [0.29, 0.717) is 13.0 Å². The van der Waals surface area contributed by atoms with E-state index in [2.05, 4.69) is 0 Å². The van der Waals surface area contributed by atoms with Gasteiger partial charge in [0.05, 0.1) is 12.2 Å². The van der Waals surface area contributed by atoms with Crippen molar-refractivity contribution in [3.8, 4) is 5.75 Å². The zero-order chi connectivity index (χ0) is 12.2. The van der Waals surface area contributed by atoms with Gasteiger partial charge in [-0.3, -0.25) is 0 Å². The molecule has 0 aliphatic rings. The van der Waals surface area contributed by atoms with Crippen molar-refractivity contribution in [2.45, 2.75) is 32.8 Å². The first-order valence-electron chi connectivity index (χ1n) is 5.58. The van der Waals surface area contributed by atoms with E-state index >= 15 is 0 Å². The first-order chi connectivity index (χ1) is 7.46. The van der Waals surface area contributed by atoms with Gasteiger partial charge in [-0.1, -0.05) is 18.2 Å². The second kappa shape index (κ2) is 5.32. The van der Waals surface area contributed by atoms with Crippen molar-refractivity contribution in [1.29, 1.82) is 0 Å². The Bertz CT molecular complexity index is 328. The fraction of sp³-hybridized carbons (Fsp3) is 0.538. The first kappa shape index (κ1) is 13.0. The molecule has 1 rings (SSSR count). The van der Waals surface area contributed by atoms with E-state index in [1.54, 1.807) is 6.92 Å². The molecule has 0 heterocycles. The summed E-state index contributed by atoms with van der Waals surface area (Å²) < 4.78 is 5.69. The second-order valence-corrected chi connectivity index (χ2v) is 4.52. The van der Waals surface area contributed by atoms with Crippen LogP contribution in [-0.2, 0) is 0 Å². The molecule has 0 bridgehead atoms. The standard InChI is InChI=1S/C13H21NO2/c1-10-5-4-6-11(2)12(10)16-8-7-13(3,15)9-14/h4-6,15H,7-9,14H2,1-3H3. The smallest absolute Gasteiger partial charge is 0.125 e. The molecule has 1 unspecified atom stereocenters. The Kier molecular flexibility index (Phi) is 4.33. The summed E-state index contributed by atoms with van der Waals surface area (Å²) in [5.74, 6) is 0.912. The van der Waals surface area contributed by atoms with Crippen molar-refractivity contribution in [2.75, 3.05) is 13.2 Å². The maximum absolute atomic E-state index is 9.73. The molecule has 0 aliphatic carbocycles. The molecule has 0 spiro atoms. The van der Waals surface area contributed by atoms with Gasteiger partial charge in [0.25, 0.3) is 0 Å². The summed E-state index contributed by atoms with van der Waals surface area (Å²) in [6.07, 6.45) is 0.539. The number of hydrogen-bond acceptors (Lipinski definition) is 3. The molecule has 3 heteroatoms. The zero-order valence-corrected chi connectivity index (χ0v) is 10.3. The molecule has 1 atom stereocenters. The maximum atomic E-state index is 9.73. The molecule has 1 aromatic carbocycles. The van der Waals surface area contributed by atoms with Crippen LogP contribution in [0.3, 0.4) is 0 Å². The first-order valence-corrected chi connectivity index (χ1v) is 5.58. The lowest BCUT2D eigenvalue weighted by Crippen LogP contribution is -2.35. The van der Waals surface area contributed by atoms with Gasteiger partial charge in [0.1, 0.15) is 5.75 Å². The number of aryl methyl sites for hydroxylation is 2. The number of hydrogen-bond donors (Lipinski definition) is 2. The summed E-state index contributed by atoms with van der Waals surface area (Å²) in [4.78, 5) is 0. The van der Waals surface area contributed by atoms with Crippen LogP contribution in [0.25, 0.3) is 0 Å². The number of para-hydroxylation sites is 1. The summed E-state index contributed by atoms with van der Waals surface area (Å²) in [7, 11) is 0. The number of aliphatic hydroxyl groups is 1. The van der Waals surface area contributed by atoms with Gasteiger partial charge < -0.3 is 15.6 Å². The Morgan fingerprint density at radius 1 is 1.31 bits per heavy atom. The average Bonchev–Trinajstić information content (AvgIpc) is 2.22. The third-order valence-electron chi connectivity index (χ3n) is 2.74. The summed E-state index contributed by atoms with van der Waals surface area (Å²) >= 11 is 0. The van der Waals surface area contributed by atoms with Crippen molar-refractivity contribution in [3.63, 3.8) is 0 Å². The lowest BCUT2D eigenvalue weighted by atomic mass is 10.0. The van der Waals surface area contributed by atoms with Gasteiger partial charge in [0.2, 0.25) is 0 Å². The SMILES string of the molecule is Cc1cccc(C)c1OCCC(C)(O)CN. The van der Waals surface area contributed by atoms with E-state index < -0.39 is 5.60 Å². The van der Waals surface area contributed by atoms with Gasteiger partial charge in [-0.05, 0) is 31.9 Å². The Labute approximate surface area is 97.2 Å². The molecule has 0 saturated heterocycles. The lowest BCUT2D eigenvalue weighted by Gasteiger charge is -2.21. The molecule has 3 N–H and O–H groups in total. The molecule has 0 aromatic heterocycles. The molecule has 0 amide bonds. The molecule has 0 fully saturated rings. The minimum absolute atomic E-state index is 0.253. The highest BCUT2D eigenvalue weighted by Gasteiger charge is 2.18. The van der Waals surface area contributed by atoms with Crippen molar-refractivity contribution >= 4 is 0 Å². The van der Waals surface area contributed by atoms with E-state index in [1.165, 1.54) is 0 Å². The predicted molar refractivity (Wildman–Crippen MR) is 65.7 cm³/mol. The number of benzene rings is 1. The summed E-state index contributed by atoms with van der Waals surface area (Å²) in [5.41, 5.74) is 6.84. The second-order valence-electron chi connectivity index (χ2n) is 4.52. The van der Waals surface area contributed by atoms with Gasteiger partial charge in [0.15, 0.2) is 0 Å².